The van der Waals surface area contributed by atoms with Gasteiger partial charge in [0, 0.05) is 24.9 Å². The number of hydrogen-bond donors (Lipinski definition) is 2. The number of likely N-dealkylation sites (tertiary alicyclic amines) is 1. The van der Waals surface area contributed by atoms with E-state index in [0.29, 0.717) is 37.3 Å². The number of fused-ring (bicyclic) bond motifs is 1. The molecule has 14 nitrogen and oxygen atoms in total. The molecule has 2 aliphatic rings. The number of amides is 2. The maximum Gasteiger partial charge on any atom is 0.407 e. The number of nitrogens with zero attached hydrogens (tertiary/aromatic N) is 1. The van der Waals surface area contributed by atoms with Crippen molar-refractivity contribution in [2.75, 3.05) is 40.5 Å². The number of rotatable bonds is 37. The van der Waals surface area contributed by atoms with E-state index in [1.165, 1.54) is 95.5 Å². The third kappa shape index (κ3) is 19.1. The van der Waals surface area contributed by atoms with E-state index in [1.807, 2.05) is 78.9 Å². The SMILES string of the molecule is CCCCCCCCCCCCCCCCC1(C)CCc2c(C)c(OCCOC(=O)NCCCCCC(=O)N3CC(OC(=O)CCC(=O)O)CC3C(OCc3ccc(OC)cc3)(c3ccccc3)c3ccc(OC)cc3)c(C)c(C)c2O1. The minimum Gasteiger partial charge on any atom is -0.497 e. The Kier molecular flexibility index (Phi) is 26.7. The molecule has 0 aliphatic carbocycles. The number of aliphatic carboxylic acids is 1. The van der Waals surface area contributed by atoms with Crippen LogP contribution in [-0.2, 0) is 47.2 Å². The average Bonchev–Trinajstić information content (AvgIpc) is 4.08. The fourth-order valence-electron chi connectivity index (χ4n) is 11.9. The maximum atomic E-state index is 14.6. The van der Waals surface area contributed by atoms with E-state index >= 15 is 0 Å². The molecule has 1 saturated heterocycles. The largest absolute Gasteiger partial charge is 0.497 e. The summed E-state index contributed by atoms with van der Waals surface area (Å²) in [7, 11) is 3.21. The summed E-state index contributed by atoms with van der Waals surface area (Å²) in [5, 5.41) is 12.1. The van der Waals surface area contributed by atoms with E-state index in [2.05, 4.69) is 39.9 Å². The summed E-state index contributed by atoms with van der Waals surface area (Å²) in [6.07, 6.45) is 22.2. The first kappa shape index (κ1) is 64.9. The molecule has 14 heteroatoms. The zero-order valence-electron chi connectivity index (χ0n) is 50.6. The van der Waals surface area contributed by atoms with Crippen molar-refractivity contribution in [1.29, 1.82) is 0 Å². The molecule has 2 amide bonds. The zero-order chi connectivity index (χ0) is 58.7. The van der Waals surface area contributed by atoms with Crippen molar-refractivity contribution in [1.82, 2.24) is 10.2 Å². The second-order valence-electron chi connectivity index (χ2n) is 22.9. The molecule has 0 saturated carbocycles. The van der Waals surface area contributed by atoms with E-state index in [-0.39, 0.29) is 63.6 Å². The minimum absolute atomic E-state index is 0.0841. The van der Waals surface area contributed by atoms with Crippen LogP contribution in [0.1, 0.15) is 200 Å². The van der Waals surface area contributed by atoms with Gasteiger partial charge >= 0.3 is 18.0 Å². The fourth-order valence-corrected chi connectivity index (χ4v) is 11.9. The third-order valence-corrected chi connectivity index (χ3v) is 16.8. The molecule has 4 aromatic rings. The molecule has 6 rings (SSSR count). The van der Waals surface area contributed by atoms with Gasteiger partial charge in [0.05, 0.1) is 46.3 Å². The van der Waals surface area contributed by atoms with Crippen LogP contribution in [0.25, 0.3) is 0 Å². The Balaban J connectivity index is 0.974. The number of carbonyl (C=O) groups excluding carboxylic acids is 3. The van der Waals surface area contributed by atoms with Gasteiger partial charge in [-0.3, -0.25) is 14.4 Å². The number of benzene rings is 4. The van der Waals surface area contributed by atoms with Crippen LogP contribution in [0.15, 0.2) is 78.9 Å². The number of carboxylic acids is 1. The Labute approximate surface area is 489 Å². The van der Waals surface area contributed by atoms with Crippen molar-refractivity contribution < 1.29 is 57.4 Å². The normalized spacial score (nSPS) is 17.3. The summed E-state index contributed by atoms with van der Waals surface area (Å²) >= 11 is 0. The van der Waals surface area contributed by atoms with Crippen LogP contribution >= 0.6 is 0 Å². The molecule has 2 N–H and O–H groups in total. The van der Waals surface area contributed by atoms with Crippen LogP contribution in [-0.4, -0.2) is 92.2 Å². The summed E-state index contributed by atoms with van der Waals surface area (Å²) in [6, 6.07) is 24.2. The molecule has 2 heterocycles. The van der Waals surface area contributed by atoms with E-state index < -0.39 is 35.8 Å². The number of methoxy groups -OCH3 is 2. The van der Waals surface area contributed by atoms with E-state index in [0.717, 1.165) is 64.1 Å². The summed E-state index contributed by atoms with van der Waals surface area (Å²) in [5.41, 5.74) is 5.44. The number of nitrogens with one attached hydrogen (secondary N) is 1. The number of carbonyl (C=O) groups is 4. The van der Waals surface area contributed by atoms with Crippen LogP contribution in [0.3, 0.4) is 0 Å². The number of esters is 1. The summed E-state index contributed by atoms with van der Waals surface area (Å²) in [4.78, 5) is 53.6. The summed E-state index contributed by atoms with van der Waals surface area (Å²) in [6.45, 7) is 11.8. The van der Waals surface area contributed by atoms with Crippen molar-refractivity contribution in [2.45, 2.75) is 219 Å². The summed E-state index contributed by atoms with van der Waals surface area (Å²) in [5.74, 6) is 1.28. The molecule has 0 aromatic heterocycles. The molecular weight excluding hydrogens is 1040 g/mol. The molecule has 450 valence electrons. The van der Waals surface area contributed by atoms with Gasteiger partial charge in [0.25, 0.3) is 0 Å². The minimum atomic E-state index is -1.26. The third-order valence-electron chi connectivity index (χ3n) is 16.8. The van der Waals surface area contributed by atoms with Crippen molar-refractivity contribution in [3.8, 4) is 23.0 Å². The number of unbranched alkanes of at least 4 members (excludes halogenated alkanes) is 15. The van der Waals surface area contributed by atoms with Gasteiger partial charge in [0.15, 0.2) is 0 Å². The Morgan fingerprint density at radius 2 is 1.29 bits per heavy atom. The Morgan fingerprint density at radius 3 is 1.91 bits per heavy atom. The van der Waals surface area contributed by atoms with Crippen molar-refractivity contribution in [2.24, 2.45) is 0 Å². The van der Waals surface area contributed by atoms with Crippen molar-refractivity contribution in [3.63, 3.8) is 0 Å². The average molecular weight is 1130 g/mol. The number of alkyl carbamates (subject to hydrolysis) is 1. The van der Waals surface area contributed by atoms with Crippen molar-refractivity contribution in [3.05, 3.63) is 118 Å². The van der Waals surface area contributed by atoms with E-state index in [9.17, 15) is 24.3 Å². The monoisotopic (exact) mass is 1130 g/mol. The zero-order valence-corrected chi connectivity index (χ0v) is 50.6. The van der Waals surface area contributed by atoms with Gasteiger partial charge < -0.3 is 48.5 Å². The second-order valence-corrected chi connectivity index (χ2v) is 22.9. The van der Waals surface area contributed by atoms with Crippen molar-refractivity contribution >= 4 is 23.9 Å². The van der Waals surface area contributed by atoms with E-state index in [1.54, 1.807) is 19.1 Å². The first-order valence-electron chi connectivity index (χ1n) is 30.7. The van der Waals surface area contributed by atoms with Crippen LogP contribution in [0.2, 0.25) is 0 Å². The van der Waals surface area contributed by atoms with Crippen LogP contribution < -0.4 is 24.3 Å². The van der Waals surface area contributed by atoms with Gasteiger partial charge in [0.2, 0.25) is 5.91 Å². The highest BCUT2D eigenvalue weighted by Crippen LogP contribution is 2.47. The highest BCUT2D eigenvalue weighted by atomic mass is 16.6. The lowest BCUT2D eigenvalue weighted by atomic mass is 9.78. The first-order valence-corrected chi connectivity index (χ1v) is 30.7. The number of hydrogen-bond acceptors (Lipinski definition) is 11. The predicted octanol–water partition coefficient (Wildman–Crippen LogP) is 14.8. The quantitative estimate of drug-likeness (QED) is 0.0324. The Morgan fingerprint density at radius 1 is 0.695 bits per heavy atom. The van der Waals surface area contributed by atoms with Gasteiger partial charge in [-0.25, -0.2) is 4.79 Å². The molecule has 0 spiro atoms. The lowest BCUT2D eigenvalue weighted by molar-refractivity contribution is -0.152. The topological polar surface area (TPSA) is 168 Å². The molecule has 1 fully saturated rings. The smallest absolute Gasteiger partial charge is 0.407 e. The highest BCUT2D eigenvalue weighted by Gasteiger charge is 2.53. The van der Waals surface area contributed by atoms with Gasteiger partial charge in [-0.05, 0) is 124 Å². The maximum absolute atomic E-state index is 14.6. The van der Waals surface area contributed by atoms with Gasteiger partial charge in [-0.2, -0.15) is 0 Å². The molecule has 82 heavy (non-hydrogen) atoms. The standard InChI is InChI=1S/C68H96N2O12/c1-8-9-10-11-12-13-14-15-16-17-18-19-20-26-42-67(5)43-41-59-52(4)64(50(2)51(3)65(59)82-67)78-45-46-79-66(75)69-44-27-22-25-30-61(71)70-48-58(81-63(74)40-39-62(72)73)47-60(70)68(54-28-23-21-24-29-54,55-33-37-57(77-7)38-34-55)80-49-53-31-35-56(76-6)36-32-53/h21,23-24,28-29,31-38,58,60H,8-20,22,25-27,30,39-49H2,1-7H3,(H,69,75)(H,72,73). The number of ether oxygens (including phenoxy) is 7. The molecule has 0 radical (unpaired) electrons. The predicted molar refractivity (Wildman–Crippen MR) is 321 cm³/mol. The fraction of sp³-hybridized carbons (Fsp3) is 0.588. The van der Waals surface area contributed by atoms with E-state index in [4.69, 9.17) is 33.2 Å². The molecular formula is C68H96N2O12. The Hall–Kier alpha value is -6.28. The van der Waals surface area contributed by atoms with Crippen LogP contribution in [0.5, 0.6) is 23.0 Å². The molecule has 4 atom stereocenters. The van der Waals surface area contributed by atoms with Crippen LogP contribution in [0.4, 0.5) is 4.79 Å². The molecule has 4 unspecified atom stereocenters. The van der Waals surface area contributed by atoms with Gasteiger partial charge in [0.1, 0.15) is 53.5 Å². The molecule has 2 aliphatic heterocycles. The van der Waals surface area contributed by atoms with Gasteiger partial charge in [-0.15, -0.1) is 0 Å². The first-order chi connectivity index (χ1) is 39.7. The van der Waals surface area contributed by atoms with Gasteiger partial charge in [-0.1, -0.05) is 151 Å². The van der Waals surface area contributed by atoms with Crippen LogP contribution in [0, 0.1) is 20.8 Å². The lowest BCUT2D eigenvalue weighted by Gasteiger charge is -2.44. The lowest BCUT2D eigenvalue weighted by Crippen LogP contribution is -2.52. The Bertz CT molecular complexity index is 2590. The molecule has 4 aromatic carbocycles. The highest BCUT2D eigenvalue weighted by molar-refractivity contribution is 5.78. The molecule has 0 bridgehead atoms. The summed E-state index contributed by atoms with van der Waals surface area (Å²) < 4.78 is 42.8. The second kappa shape index (κ2) is 33.7. The number of carboxylic acid groups (broad SMARTS) is 1.